The molecule has 1 amide bonds. The predicted molar refractivity (Wildman–Crippen MR) is 134 cm³/mol. The number of thiophene rings is 1. The van der Waals surface area contributed by atoms with E-state index in [-0.39, 0.29) is 36.4 Å². The van der Waals surface area contributed by atoms with Crippen molar-refractivity contribution in [1.29, 1.82) is 0 Å². The average Bonchev–Trinajstić information content (AvgIpc) is 3.39. The Labute approximate surface area is 197 Å². The summed E-state index contributed by atoms with van der Waals surface area (Å²) in [7, 11) is 5.15. The minimum absolute atomic E-state index is 0. The zero-order valence-corrected chi connectivity index (χ0v) is 20.5. The van der Waals surface area contributed by atoms with Crippen LogP contribution in [0.25, 0.3) is 10.9 Å². The number of halogens is 1. The molecule has 1 aromatic carbocycles. The first kappa shape index (κ1) is 24.0. The molecule has 3 rings (SSSR count). The van der Waals surface area contributed by atoms with Gasteiger partial charge in [-0.05, 0) is 35.6 Å². The van der Waals surface area contributed by atoms with E-state index in [1.54, 1.807) is 37.4 Å². The highest BCUT2D eigenvalue weighted by Crippen LogP contribution is 2.28. The SMILES string of the molecule is COc1cccc2[nH]cc(CCNC(=NCC(=O)N(C)C)NCc3cccs3)c12.I. The zero-order valence-electron chi connectivity index (χ0n) is 17.4. The number of H-pyrrole nitrogens is 1. The monoisotopic (exact) mass is 541 g/mol. The molecule has 0 aliphatic carbocycles. The number of benzene rings is 1. The number of rotatable bonds is 8. The van der Waals surface area contributed by atoms with Crippen molar-refractivity contribution in [2.45, 2.75) is 13.0 Å². The smallest absolute Gasteiger partial charge is 0.243 e. The minimum atomic E-state index is -0.0383. The molecule has 0 radical (unpaired) electrons. The number of aromatic nitrogens is 1. The maximum absolute atomic E-state index is 11.9. The number of likely N-dealkylation sites (N-methyl/N-ethyl adjacent to an activating group) is 1. The number of nitrogens with one attached hydrogen (secondary N) is 3. The van der Waals surface area contributed by atoms with Gasteiger partial charge in [0.05, 0.1) is 13.7 Å². The van der Waals surface area contributed by atoms with Gasteiger partial charge >= 0.3 is 0 Å². The van der Waals surface area contributed by atoms with E-state index < -0.39 is 0 Å². The van der Waals surface area contributed by atoms with Gasteiger partial charge in [-0.3, -0.25) is 4.79 Å². The Morgan fingerprint density at radius 1 is 1.23 bits per heavy atom. The lowest BCUT2D eigenvalue weighted by Gasteiger charge is -2.13. The van der Waals surface area contributed by atoms with Crippen molar-refractivity contribution >= 4 is 58.1 Å². The molecule has 0 spiro atoms. The largest absolute Gasteiger partial charge is 0.496 e. The number of aromatic amines is 1. The molecular formula is C21H28IN5O2S. The quantitative estimate of drug-likeness (QED) is 0.233. The summed E-state index contributed by atoms with van der Waals surface area (Å²) in [6, 6.07) is 10.1. The maximum atomic E-state index is 11.9. The Morgan fingerprint density at radius 3 is 2.77 bits per heavy atom. The Hall–Kier alpha value is -2.27. The van der Waals surface area contributed by atoms with E-state index in [1.807, 2.05) is 35.8 Å². The van der Waals surface area contributed by atoms with Crippen LogP contribution in [-0.4, -0.2) is 56.0 Å². The first-order valence-corrected chi connectivity index (χ1v) is 10.3. The van der Waals surface area contributed by atoms with Crippen molar-refractivity contribution in [3.8, 4) is 5.75 Å². The van der Waals surface area contributed by atoms with Gasteiger partial charge in [0.15, 0.2) is 5.96 Å². The highest BCUT2D eigenvalue weighted by molar-refractivity contribution is 14.0. The van der Waals surface area contributed by atoms with E-state index in [9.17, 15) is 4.79 Å². The van der Waals surface area contributed by atoms with Gasteiger partial charge in [-0.25, -0.2) is 4.99 Å². The summed E-state index contributed by atoms with van der Waals surface area (Å²) in [6.45, 7) is 1.45. The van der Waals surface area contributed by atoms with Gasteiger partial charge in [0.2, 0.25) is 5.91 Å². The molecule has 3 aromatic rings. The first-order valence-electron chi connectivity index (χ1n) is 9.46. The lowest BCUT2D eigenvalue weighted by Crippen LogP contribution is -2.39. The van der Waals surface area contributed by atoms with Crippen LogP contribution in [0.1, 0.15) is 10.4 Å². The fourth-order valence-corrected chi connectivity index (χ4v) is 3.59. The summed E-state index contributed by atoms with van der Waals surface area (Å²) < 4.78 is 5.50. The van der Waals surface area contributed by atoms with Crippen LogP contribution >= 0.6 is 35.3 Å². The normalized spacial score (nSPS) is 11.1. The van der Waals surface area contributed by atoms with Crippen LogP contribution in [0.4, 0.5) is 0 Å². The Kier molecular flexibility index (Phi) is 9.44. The van der Waals surface area contributed by atoms with E-state index in [2.05, 4.69) is 26.7 Å². The Bertz CT molecular complexity index is 969. The van der Waals surface area contributed by atoms with Gasteiger partial charge in [-0.2, -0.15) is 0 Å². The van der Waals surface area contributed by atoms with Crippen LogP contribution in [0.3, 0.4) is 0 Å². The molecule has 162 valence electrons. The van der Waals surface area contributed by atoms with Gasteiger partial charge in [0.1, 0.15) is 12.3 Å². The number of fused-ring (bicyclic) bond motifs is 1. The van der Waals surface area contributed by atoms with E-state index >= 15 is 0 Å². The molecule has 3 N–H and O–H groups in total. The van der Waals surface area contributed by atoms with Gasteiger partial charge in [-0.15, -0.1) is 35.3 Å². The van der Waals surface area contributed by atoms with Crippen LogP contribution < -0.4 is 15.4 Å². The number of carbonyl (C=O) groups excluding carboxylic acids is 1. The molecule has 2 aromatic heterocycles. The number of amides is 1. The minimum Gasteiger partial charge on any atom is -0.496 e. The van der Waals surface area contributed by atoms with Crippen LogP contribution in [0.15, 0.2) is 46.9 Å². The molecule has 0 fully saturated rings. The van der Waals surface area contributed by atoms with E-state index in [0.717, 1.165) is 23.1 Å². The second-order valence-electron chi connectivity index (χ2n) is 6.76. The molecule has 0 saturated heterocycles. The summed E-state index contributed by atoms with van der Waals surface area (Å²) in [6.07, 6.45) is 2.81. The average molecular weight is 541 g/mol. The molecule has 7 nitrogen and oxygen atoms in total. The molecule has 0 saturated carbocycles. The van der Waals surface area contributed by atoms with Crippen LogP contribution in [0, 0.1) is 0 Å². The van der Waals surface area contributed by atoms with Crippen molar-refractivity contribution in [2.75, 3.05) is 34.3 Å². The number of hydrogen-bond acceptors (Lipinski definition) is 4. The highest BCUT2D eigenvalue weighted by atomic mass is 127. The lowest BCUT2D eigenvalue weighted by molar-refractivity contribution is -0.127. The fraction of sp³-hybridized carbons (Fsp3) is 0.333. The second-order valence-corrected chi connectivity index (χ2v) is 7.79. The molecular weight excluding hydrogens is 513 g/mol. The molecule has 0 aliphatic rings. The van der Waals surface area contributed by atoms with Crippen molar-refractivity contribution in [3.63, 3.8) is 0 Å². The molecule has 0 bridgehead atoms. The van der Waals surface area contributed by atoms with E-state index in [1.165, 1.54) is 10.4 Å². The predicted octanol–water partition coefficient (Wildman–Crippen LogP) is 3.22. The summed E-state index contributed by atoms with van der Waals surface area (Å²) in [4.78, 5) is 22.4. The third-order valence-corrected chi connectivity index (χ3v) is 5.41. The van der Waals surface area contributed by atoms with Crippen LogP contribution in [-0.2, 0) is 17.8 Å². The fourth-order valence-electron chi connectivity index (χ4n) is 2.95. The molecule has 30 heavy (non-hydrogen) atoms. The number of guanidine groups is 1. The van der Waals surface area contributed by atoms with E-state index in [4.69, 9.17) is 4.74 Å². The van der Waals surface area contributed by atoms with Crippen LogP contribution in [0.2, 0.25) is 0 Å². The molecule has 0 atom stereocenters. The molecule has 9 heteroatoms. The van der Waals surface area contributed by atoms with E-state index in [0.29, 0.717) is 19.0 Å². The standard InChI is InChI=1S/C21H27N5O2S.HI/c1-26(2)19(27)14-25-21(24-13-16-6-5-11-29-16)22-10-9-15-12-23-17-7-4-8-18(28-3)20(15)17;/h4-8,11-12,23H,9-10,13-14H2,1-3H3,(H2,22,24,25);1H. The topological polar surface area (TPSA) is 81.7 Å². The van der Waals surface area contributed by atoms with Gasteiger partial charge in [0.25, 0.3) is 0 Å². The van der Waals surface area contributed by atoms with Crippen molar-refractivity contribution in [3.05, 3.63) is 52.3 Å². The number of ether oxygens (including phenoxy) is 1. The van der Waals surface area contributed by atoms with Crippen molar-refractivity contribution in [1.82, 2.24) is 20.5 Å². The van der Waals surface area contributed by atoms with Crippen LogP contribution in [0.5, 0.6) is 5.75 Å². The molecule has 0 aliphatic heterocycles. The maximum Gasteiger partial charge on any atom is 0.243 e. The highest BCUT2D eigenvalue weighted by Gasteiger charge is 2.10. The summed E-state index contributed by atoms with van der Waals surface area (Å²) in [5.41, 5.74) is 2.23. The summed E-state index contributed by atoms with van der Waals surface area (Å²) in [5, 5.41) is 9.78. The summed E-state index contributed by atoms with van der Waals surface area (Å²) in [5.74, 6) is 1.45. The first-order chi connectivity index (χ1) is 14.1. The van der Waals surface area contributed by atoms with Gasteiger partial charge < -0.3 is 25.3 Å². The number of carbonyl (C=O) groups is 1. The lowest BCUT2D eigenvalue weighted by atomic mass is 10.1. The Balaban J connectivity index is 0.00000320. The zero-order chi connectivity index (χ0) is 20.6. The number of hydrogen-bond donors (Lipinski definition) is 3. The molecule has 2 heterocycles. The number of aliphatic imine (C=N–C) groups is 1. The van der Waals surface area contributed by atoms with Crippen molar-refractivity contribution < 1.29 is 9.53 Å². The Morgan fingerprint density at radius 2 is 2.07 bits per heavy atom. The third kappa shape index (κ3) is 6.36. The third-order valence-electron chi connectivity index (χ3n) is 4.54. The molecule has 0 unspecified atom stereocenters. The van der Waals surface area contributed by atoms with Gasteiger partial charge in [0, 0.05) is 42.6 Å². The summed E-state index contributed by atoms with van der Waals surface area (Å²) >= 11 is 1.68. The second kappa shape index (κ2) is 11.8. The number of methoxy groups -OCH3 is 1. The van der Waals surface area contributed by atoms with Crippen molar-refractivity contribution in [2.24, 2.45) is 4.99 Å². The number of nitrogens with zero attached hydrogens (tertiary/aromatic N) is 2. The van der Waals surface area contributed by atoms with Gasteiger partial charge in [-0.1, -0.05) is 12.1 Å².